The van der Waals surface area contributed by atoms with Gasteiger partial charge >= 0.3 is 13.6 Å². The van der Waals surface area contributed by atoms with E-state index >= 15 is 0 Å². The van der Waals surface area contributed by atoms with Gasteiger partial charge in [-0.25, -0.2) is 4.79 Å². The van der Waals surface area contributed by atoms with Crippen molar-refractivity contribution < 1.29 is 90.2 Å². The minimum absolute atomic E-state index is 0.0906. The Morgan fingerprint density at radius 2 is 0.754 bits per heavy atom. The van der Waals surface area contributed by atoms with E-state index in [1.165, 1.54) is 12.1 Å². The van der Waals surface area contributed by atoms with Gasteiger partial charge in [0.2, 0.25) is 5.75 Å². The molecule has 0 fully saturated rings. The number of carbonyl (C=O) groups excluding carboxylic acids is 1. The van der Waals surface area contributed by atoms with Crippen LogP contribution in [-0.4, -0.2) is 202 Å². The van der Waals surface area contributed by atoms with Crippen molar-refractivity contribution in [1.29, 1.82) is 0 Å². The predicted octanol–water partition coefficient (Wildman–Crippen LogP) is 1.17. The van der Waals surface area contributed by atoms with Crippen LogP contribution in [0.5, 0.6) is 17.2 Å². The molecule has 1 rings (SSSR count). The highest BCUT2D eigenvalue weighted by molar-refractivity contribution is 7.51. The number of amides is 2. The van der Waals surface area contributed by atoms with Gasteiger partial charge in [0.1, 0.15) is 26.1 Å². The number of ether oxygens (including phenoxy) is 15. The van der Waals surface area contributed by atoms with Gasteiger partial charge < -0.3 is 91.5 Å². The highest BCUT2D eigenvalue weighted by Gasteiger charge is 2.19. The van der Waals surface area contributed by atoms with E-state index in [1.807, 2.05) is 0 Å². The lowest BCUT2D eigenvalue weighted by Gasteiger charge is -2.19. The first-order chi connectivity index (χ1) is 27.8. The van der Waals surface area contributed by atoms with Gasteiger partial charge in [-0.1, -0.05) is 0 Å². The number of hydrogen-bond acceptors (Lipinski definition) is 17. The lowest BCUT2D eigenvalue weighted by atomic mass is 10.2. The molecule has 0 atom stereocenters. The number of benzene rings is 1. The van der Waals surface area contributed by atoms with Crippen LogP contribution in [0.3, 0.4) is 0 Å². The van der Waals surface area contributed by atoms with E-state index in [1.54, 1.807) is 21.3 Å². The van der Waals surface area contributed by atoms with Crippen LogP contribution in [0.15, 0.2) is 12.1 Å². The fourth-order valence-corrected chi connectivity index (χ4v) is 4.38. The number of methoxy groups -OCH3 is 3. The molecule has 1 aromatic carbocycles. The SMILES string of the molecule is COCCOCCOCCOCCOc1cc(NC(=O)NCP(=O)(O)O)cc(OCCOCCOCCOCCOC)c1OCCOCCOCCOCCOC. The molecule has 21 nitrogen and oxygen atoms in total. The lowest BCUT2D eigenvalue weighted by molar-refractivity contribution is -0.00159. The van der Waals surface area contributed by atoms with Gasteiger partial charge in [-0.2, -0.15) is 0 Å². The molecule has 0 spiro atoms. The predicted molar refractivity (Wildman–Crippen MR) is 205 cm³/mol. The monoisotopic (exact) mass is 848 g/mol. The van der Waals surface area contributed by atoms with Gasteiger partial charge in [-0.15, -0.1) is 0 Å². The van der Waals surface area contributed by atoms with Crippen molar-refractivity contribution in [2.75, 3.05) is 191 Å². The zero-order chi connectivity index (χ0) is 41.5. The Morgan fingerprint density at radius 1 is 0.474 bits per heavy atom. The number of nitrogens with one attached hydrogen (secondary N) is 2. The van der Waals surface area contributed by atoms with Crippen LogP contribution in [0.2, 0.25) is 0 Å². The molecular weight excluding hydrogens is 783 g/mol. The fraction of sp³-hybridized carbons (Fsp3) is 0.800. The molecule has 0 aliphatic rings. The van der Waals surface area contributed by atoms with E-state index in [0.29, 0.717) is 119 Å². The van der Waals surface area contributed by atoms with Gasteiger partial charge in [0, 0.05) is 33.5 Å². The number of hydrogen-bond donors (Lipinski definition) is 4. The van der Waals surface area contributed by atoms with Crippen molar-refractivity contribution >= 4 is 19.3 Å². The Kier molecular flexibility index (Phi) is 34.9. The first-order valence-electron chi connectivity index (χ1n) is 18.6. The zero-order valence-electron chi connectivity index (χ0n) is 33.6. The summed E-state index contributed by atoms with van der Waals surface area (Å²) in [6.07, 6.45) is -0.857. The molecule has 0 aliphatic heterocycles. The third kappa shape index (κ3) is 33.1. The molecule has 0 aromatic heterocycles. The van der Waals surface area contributed by atoms with Crippen molar-refractivity contribution in [3.05, 3.63) is 12.1 Å². The molecule has 0 unspecified atom stereocenters. The Morgan fingerprint density at radius 3 is 1.05 bits per heavy atom. The lowest BCUT2D eigenvalue weighted by Crippen LogP contribution is -2.29. The molecule has 0 radical (unpaired) electrons. The van der Waals surface area contributed by atoms with Gasteiger partial charge in [-0.05, 0) is 0 Å². The van der Waals surface area contributed by atoms with Crippen molar-refractivity contribution in [2.24, 2.45) is 0 Å². The number of rotatable bonds is 42. The summed E-state index contributed by atoms with van der Waals surface area (Å²) in [4.78, 5) is 30.9. The van der Waals surface area contributed by atoms with Crippen LogP contribution < -0.4 is 24.8 Å². The number of anilines is 1. The van der Waals surface area contributed by atoms with Gasteiger partial charge in [0.15, 0.2) is 11.5 Å². The maximum atomic E-state index is 12.5. The third-order valence-electron chi connectivity index (χ3n) is 6.70. The molecule has 57 heavy (non-hydrogen) atoms. The summed E-state index contributed by atoms with van der Waals surface area (Å²) in [6.45, 7) is 8.52. The van der Waals surface area contributed by atoms with Crippen LogP contribution in [0.4, 0.5) is 10.5 Å². The highest BCUT2D eigenvalue weighted by atomic mass is 31.2. The highest BCUT2D eigenvalue weighted by Crippen LogP contribution is 2.41. The average Bonchev–Trinajstić information content (AvgIpc) is 3.18. The van der Waals surface area contributed by atoms with Gasteiger partial charge in [-0.3, -0.25) is 4.57 Å². The Bertz CT molecular complexity index is 1090. The first-order valence-corrected chi connectivity index (χ1v) is 20.4. The summed E-state index contributed by atoms with van der Waals surface area (Å²) < 4.78 is 93.7. The van der Waals surface area contributed by atoms with Crippen LogP contribution >= 0.6 is 7.60 Å². The second kappa shape index (κ2) is 37.8. The van der Waals surface area contributed by atoms with Crippen LogP contribution in [0.1, 0.15) is 0 Å². The molecular formula is C35H65N2O19P. The fourth-order valence-electron chi connectivity index (χ4n) is 4.03. The van der Waals surface area contributed by atoms with Gasteiger partial charge in [0.05, 0.1) is 144 Å². The van der Waals surface area contributed by atoms with Crippen molar-refractivity contribution in [2.45, 2.75) is 0 Å². The molecule has 1 aromatic rings. The van der Waals surface area contributed by atoms with Crippen LogP contribution in [0.25, 0.3) is 0 Å². The Hall–Kier alpha value is -2.44. The molecule has 22 heteroatoms. The summed E-state index contributed by atoms with van der Waals surface area (Å²) in [5, 5.41) is 4.67. The second-order valence-corrected chi connectivity index (χ2v) is 12.9. The number of carbonyl (C=O) groups is 1. The Balaban J connectivity index is 2.83. The molecule has 4 N–H and O–H groups in total. The van der Waals surface area contributed by atoms with E-state index in [2.05, 4.69) is 10.6 Å². The van der Waals surface area contributed by atoms with Crippen molar-refractivity contribution in [3.8, 4) is 17.2 Å². The molecule has 0 saturated carbocycles. The van der Waals surface area contributed by atoms with E-state index in [4.69, 9.17) is 71.1 Å². The smallest absolute Gasteiger partial charge is 0.344 e. The summed E-state index contributed by atoms with van der Waals surface area (Å²) in [5.41, 5.74) is 0.194. The first kappa shape index (κ1) is 52.6. The summed E-state index contributed by atoms with van der Waals surface area (Å²) in [5.74, 6) is 0.618. The summed E-state index contributed by atoms with van der Waals surface area (Å²) in [7, 11) is 0.322. The quantitative estimate of drug-likeness (QED) is 0.0534. The number of urea groups is 1. The Labute approximate surface area is 335 Å². The molecule has 2 amide bonds. The van der Waals surface area contributed by atoms with E-state index in [9.17, 15) is 19.1 Å². The maximum absolute atomic E-state index is 12.5. The van der Waals surface area contributed by atoms with Crippen LogP contribution in [-0.2, 0) is 61.4 Å². The molecule has 0 bridgehead atoms. The topological polar surface area (TPSA) is 237 Å². The largest absolute Gasteiger partial charge is 0.487 e. The minimum Gasteiger partial charge on any atom is -0.487 e. The minimum atomic E-state index is -4.50. The third-order valence-corrected chi connectivity index (χ3v) is 7.27. The summed E-state index contributed by atoms with van der Waals surface area (Å²) >= 11 is 0. The molecule has 0 saturated heterocycles. The van der Waals surface area contributed by atoms with Crippen molar-refractivity contribution in [3.63, 3.8) is 0 Å². The van der Waals surface area contributed by atoms with Crippen molar-refractivity contribution in [1.82, 2.24) is 5.32 Å². The summed E-state index contributed by atoms with van der Waals surface area (Å²) in [6, 6.07) is 2.12. The van der Waals surface area contributed by atoms with E-state index in [-0.39, 0.29) is 62.6 Å². The standard InChI is InChI=1S/C35H65N2O19P/c1-42-4-7-45-10-13-48-16-19-51-22-25-54-32-28-31(37-35(38)36-30-57(39,40)41)29-33(55-26-23-52-20-17-49-14-11-46-8-5-43-2)34(32)56-27-24-53-21-18-50-15-12-47-9-6-44-3/h28-29H,4-27,30H2,1-3H3,(H2,36,37,38)(H2,39,40,41). The molecule has 334 valence electrons. The van der Waals surface area contributed by atoms with Gasteiger partial charge in [0.25, 0.3) is 0 Å². The van der Waals surface area contributed by atoms with E-state index < -0.39 is 19.9 Å². The average molecular weight is 849 g/mol. The molecule has 0 heterocycles. The zero-order valence-corrected chi connectivity index (χ0v) is 34.5. The maximum Gasteiger partial charge on any atom is 0.344 e. The second-order valence-electron chi connectivity index (χ2n) is 11.3. The van der Waals surface area contributed by atoms with Crippen LogP contribution in [0, 0.1) is 0 Å². The normalized spacial score (nSPS) is 11.5. The molecule has 0 aliphatic carbocycles. The van der Waals surface area contributed by atoms with E-state index in [0.717, 1.165) is 0 Å².